The van der Waals surface area contributed by atoms with Crippen molar-refractivity contribution in [3.63, 3.8) is 0 Å². The molecule has 1 fully saturated rings. The second-order valence-corrected chi connectivity index (χ2v) is 5.72. The van der Waals surface area contributed by atoms with E-state index in [1.54, 1.807) is 0 Å². The van der Waals surface area contributed by atoms with Gasteiger partial charge in [-0.25, -0.2) is 0 Å². The second kappa shape index (κ2) is 7.66. The summed E-state index contributed by atoms with van der Waals surface area (Å²) >= 11 is 0. The molecule has 1 heterocycles. The van der Waals surface area contributed by atoms with Crippen LogP contribution >= 0.6 is 0 Å². The first-order valence-electron chi connectivity index (χ1n) is 7.87. The van der Waals surface area contributed by atoms with Gasteiger partial charge in [-0.15, -0.1) is 0 Å². The smallest absolute Gasteiger partial charge is 0.0453 e. The highest BCUT2D eigenvalue weighted by Crippen LogP contribution is 2.23. The summed E-state index contributed by atoms with van der Waals surface area (Å²) in [5.74, 6) is 0. The van der Waals surface area contributed by atoms with Gasteiger partial charge in [-0.1, -0.05) is 56.5 Å². The van der Waals surface area contributed by atoms with Crippen LogP contribution in [0.15, 0.2) is 30.3 Å². The van der Waals surface area contributed by atoms with Crippen molar-refractivity contribution in [3.8, 4) is 0 Å². The number of nitrogens with two attached hydrogens (primary N) is 1. The quantitative estimate of drug-likeness (QED) is 0.893. The maximum atomic E-state index is 6.53. The van der Waals surface area contributed by atoms with Crippen molar-refractivity contribution in [1.29, 1.82) is 0 Å². The molecular formula is C17H28N2. The fourth-order valence-corrected chi connectivity index (χ4v) is 3.24. The van der Waals surface area contributed by atoms with Gasteiger partial charge in [0.1, 0.15) is 0 Å². The Kier molecular flexibility index (Phi) is 5.87. The average Bonchev–Trinajstić information content (AvgIpc) is 2.42. The van der Waals surface area contributed by atoms with Crippen LogP contribution in [0, 0.1) is 0 Å². The fourth-order valence-electron chi connectivity index (χ4n) is 3.24. The van der Waals surface area contributed by atoms with E-state index in [-0.39, 0.29) is 6.04 Å². The number of benzene rings is 1. The van der Waals surface area contributed by atoms with Gasteiger partial charge in [0.05, 0.1) is 0 Å². The van der Waals surface area contributed by atoms with Crippen LogP contribution in [0.4, 0.5) is 0 Å². The van der Waals surface area contributed by atoms with Gasteiger partial charge < -0.3 is 5.73 Å². The zero-order valence-electron chi connectivity index (χ0n) is 12.2. The van der Waals surface area contributed by atoms with Crippen LogP contribution in [-0.2, 0) is 0 Å². The van der Waals surface area contributed by atoms with E-state index in [2.05, 4.69) is 42.2 Å². The molecule has 2 N–H and O–H groups in total. The Morgan fingerprint density at radius 3 is 2.16 bits per heavy atom. The van der Waals surface area contributed by atoms with Crippen LogP contribution in [0.2, 0.25) is 0 Å². The predicted octanol–water partition coefficient (Wildman–Crippen LogP) is 3.73. The summed E-state index contributed by atoms with van der Waals surface area (Å²) in [7, 11) is 0. The number of nitrogens with zero attached hydrogens (tertiary/aromatic N) is 1. The number of hydrogen-bond acceptors (Lipinski definition) is 2. The first kappa shape index (κ1) is 14.5. The molecule has 1 saturated heterocycles. The Hall–Kier alpha value is -0.860. The molecule has 1 aromatic carbocycles. The van der Waals surface area contributed by atoms with E-state index in [0.29, 0.717) is 6.04 Å². The summed E-state index contributed by atoms with van der Waals surface area (Å²) in [6.45, 7) is 4.71. The minimum absolute atomic E-state index is 0.144. The Morgan fingerprint density at radius 1 is 1.00 bits per heavy atom. The molecule has 2 atom stereocenters. The van der Waals surface area contributed by atoms with E-state index < -0.39 is 0 Å². The van der Waals surface area contributed by atoms with Gasteiger partial charge in [-0.05, 0) is 37.9 Å². The van der Waals surface area contributed by atoms with E-state index in [9.17, 15) is 0 Å². The van der Waals surface area contributed by atoms with Crippen LogP contribution in [-0.4, -0.2) is 24.0 Å². The maximum Gasteiger partial charge on any atom is 0.0453 e. The van der Waals surface area contributed by atoms with E-state index in [0.717, 1.165) is 6.42 Å². The Labute approximate surface area is 118 Å². The molecule has 2 unspecified atom stereocenters. The molecule has 1 aliphatic rings. The molecule has 2 nitrogen and oxygen atoms in total. The molecule has 106 valence electrons. The molecule has 0 amide bonds. The Bertz CT molecular complexity index is 342. The predicted molar refractivity (Wildman–Crippen MR) is 82.1 cm³/mol. The fraction of sp³-hybridized carbons (Fsp3) is 0.647. The summed E-state index contributed by atoms with van der Waals surface area (Å²) in [5, 5.41) is 0. The maximum absolute atomic E-state index is 6.53. The van der Waals surface area contributed by atoms with E-state index >= 15 is 0 Å². The van der Waals surface area contributed by atoms with Crippen molar-refractivity contribution in [2.24, 2.45) is 5.73 Å². The highest BCUT2D eigenvalue weighted by molar-refractivity contribution is 5.20. The minimum atomic E-state index is 0.144. The van der Waals surface area contributed by atoms with Gasteiger partial charge in [0.2, 0.25) is 0 Å². The highest BCUT2D eigenvalue weighted by Gasteiger charge is 2.24. The first-order chi connectivity index (χ1) is 9.33. The van der Waals surface area contributed by atoms with E-state index in [1.807, 2.05) is 0 Å². The van der Waals surface area contributed by atoms with Crippen molar-refractivity contribution in [3.05, 3.63) is 35.9 Å². The van der Waals surface area contributed by atoms with Crippen molar-refractivity contribution >= 4 is 0 Å². The molecular weight excluding hydrogens is 232 g/mol. The molecule has 2 heteroatoms. The van der Waals surface area contributed by atoms with Gasteiger partial charge in [0, 0.05) is 12.1 Å². The Morgan fingerprint density at radius 2 is 1.58 bits per heavy atom. The first-order valence-corrected chi connectivity index (χ1v) is 7.87. The lowest BCUT2D eigenvalue weighted by atomic mass is 9.95. The summed E-state index contributed by atoms with van der Waals surface area (Å²) in [6.07, 6.45) is 7.97. The van der Waals surface area contributed by atoms with Gasteiger partial charge >= 0.3 is 0 Å². The second-order valence-electron chi connectivity index (χ2n) is 5.72. The summed E-state index contributed by atoms with van der Waals surface area (Å²) in [4.78, 5) is 2.64. The molecule has 19 heavy (non-hydrogen) atoms. The zero-order valence-corrected chi connectivity index (χ0v) is 12.2. The lowest BCUT2D eigenvalue weighted by molar-refractivity contribution is 0.152. The van der Waals surface area contributed by atoms with E-state index in [4.69, 9.17) is 5.73 Å². The SMILES string of the molecule is CCC(C(N)c1ccccc1)N1CCCCCCC1. The molecule has 1 aliphatic heterocycles. The third-order valence-electron chi connectivity index (χ3n) is 4.38. The van der Waals surface area contributed by atoms with Gasteiger partial charge in [0.25, 0.3) is 0 Å². The molecule has 0 saturated carbocycles. The van der Waals surface area contributed by atoms with Crippen LogP contribution < -0.4 is 5.73 Å². The molecule has 0 radical (unpaired) electrons. The van der Waals surface area contributed by atoms with Gasteiger partial charge in [-0.2, -0.15) is 0 Å². The molecule has 0 aromatic heterocycles. The number of likely N-dealkylation sites (tertiary alicyclic amines) is 1. The van der Waals surface area contributed by atoms with Crippen molar-refractivity contribution in [1.82, 2.24) is 4.90 Å². The lowest BCUT2D eigenvalue weighted by Crippen LogP contribution is -2.44. The average molecular weight is 260 g/mol. The van der Waals surface area contributed by atoms with E-state index in [1.165, 1.54) is 50.8 Å². The standard InChI is InChI=1S/C17H28N2/c1-2-16(17(18)15-11-7-6-8-12-15)19-13-9-4-3-5-10-14-19/h6-8,11-12,16-17H,2-5,9-10,13-14,18H2,1H3. The molecule has 0 bridgehead atoms. The highest BCUT2D eigenvalue weighted by atomic mass is 15.2. The Balaban J connectivity index is 2.05. The lowest BCUT2D eigenvalue weighted by Gasteiger charge is -2.36. The number of rotatable bonds is 4. The summed E-state index contributed by atoms with van der Waals surface area (Å²) < 4.78 is 0. The third-order valence-corrected chi connectivity index (χ3v) is 4.38. The van der Waals surface area contributed by atoms with Crippen LogP contribution in [0.3, 0.4) is 0 Å². The van der Waals surface area contributed by atoms with Crippen molar-refractivity contribution < 1.29 is 0 Å². The van der Waals surface area contributed by atoms with Gasteiger partial charge in [-0.3, -0.25) is 4.90 Å². The van der Waals surface area contributed by atoms with Crippen molar-refractivity contribution in [2.75, 3.05) is 13.1 Å². The normalized spacial score (nSPS) is 21.4. The molecule has 1 aromatic rings. The monoisotopic (exact) mass is 260 g/mol. The number of hydrogen-bond donors (Lipinski definition) is 1. The zero-order chi connectivity index (χ0) is 13.5. The summed E-state index contributed by atoms with van der Waals surface area (Å²) in [6, 6.07) is 11.2. The molecule has 2 rings (SSSR count). The minimum Gasteiger partial charge on any atom is -0.323 e. The summed E-state index contributed by atoms with van der Waals surface area (Å²) in [5.41, 5.74) is 7.80. The third kappa shape index (κ3) is 4.05. The van der Waals surface area contributed by atoms with Crippen LogP contribution in [0.1, 0.15) is 57.1 Å². The topological polar surface area (TPSA) is 29.3 Å². The molecule has 0 spiro atoms. The van der Waals surface area contributed by atoms with Gasteiger partial charge in [0.15, 0.2) is 0 Å². The van der Waals surface area contributed by atoms with Crippen molar-refractivity contribution in [2.45, 2.75) is 57.5 Å². The molecule has 0 aliphatic carbocycles. The van der Waals surface area contributed by atoms with Crippen LogP contribution in [0.5, 0.6) is 0 Å². The largest absolute Gasteiger partial charge is 0.323 e. The van der Waals surface area contributed by atoms with Crippen LogP contribution in [0.25, 0.3) is 0 Å².